The van der Waals surface area contributed by atoms with Gasteiger partial charge in [0.2, 0.25) is 5.91 Å². The van der Waals surface area contributed by atoms with Crippen LogP contribution in [-0.4, -0.2) is 18.5 Å². The van der Waals surface area contributed by atoms with Crippen LogP contribution in [0.4, 0.5) is 5.00 Å². The number of amides is 1. The summed E-state index contributed by atoms with van der Waals surface area (Å²) in [6.45, 7) is 7.72. The van der Waals surface area contributed by atoms with Crippen LogP contribution >= 0.6 is 11.3 Å². The van der Waals surface area contributed by atoms with E-state index >= 15 is 0 Å². The van der Waals surface area contributed by atoms with Crippen LogP contribution in [0.1, 0.15) is 66.4 Å². The van der Waals surface area contributed by atoms with Crippen LogP contribution < -0.4 is 5.32 Å². The topological polar surface area (TPSA) is 55.4 Å². The highest BCUT2D eigenvalue weighted by atomic mass is 32.1. The lowest BCUT2D eigenvalue weighted by atomic mass is 9.83. The molecule has 1 aromatic heterocycles. The Bertz CT molecular complexity index is 833. The summed E-state index contributed by atoms with van der Waals surface area (Å²) >= 11 is 1.53. The molecule has 1 atom stereocenters. The molecule has 3 rings (SSSR count). The molecule has 0 radical (unpaired) electrons. The molecular weight excluding hydrogens is 358 g/mol. The highest BCUT2D eigenvalue weighted by molar-refractivity contribution is 7.17. The molecule has 1 aliphatic rings. The van der Waals surface area contributed by atoms with Crippen LogP contribution in [0.5, 0.6) is 0 Å². The van der Waals surface area contributed by atoms with E-state index in [-0.39, 0.29) is 11.9 Å². The summed E-state index contributed by atoms with van der Waals surface area (Å²) in [5, 5.41) is 3.61. The SMILES string of the molecule is CCOC(=O)c1c(NC(=O)C(C)(C)C)sc2c1CCC(c1ccccc1)C2. The zero-order chi connectivity index (χ0) is 19.6. The third-order valence-corrected chi connectivity index (χ3v) is 6.09. The Morgan fingerprint density at radius 1 is 1.22 bits per heavy atom. The fourth-order valence-electron chi connectivity index (χ4n) is 3.39. The standard InChI is InChI=1S/C22H27NO3S/c1-5-26-20(24)18-16-12-11-15(14-9-7-6-8-10-14)13-17(16)27-19(18)23-21(25)22(2,3)4/h6-10,15H,5,11-13H2,1-4H3,(H,23,25). The van der Waals surface area contributed by atoms with E-state index in [1.165, 1.54) is 21.8 Å². The maximum Gasteiger partial charge on any atom is 0.341 e. The third-order valence-electron chi connectivity index (χ3n) is 4.92. The Labute approximate surface area is 164 Å². The first-order chi connectivity index (χ1) is 12.8. The van der Waals surface area contributed by atoms with Crippen molar-refractivity contribution >= 4 is 28.2 Å². The number of thiophene rings is 1. The number of anilines is 1. The number of benzene rings is 1. The summed E-state index contributed by atoms with van der Waals surface area (Å²) in [5.41, 5.74) is 2.41. The third kappa shape index (κ3) is 4.24. The van der Waals surface area contributed by atoms with Gasteiger partial charge in [0, 0.05) is 10.3 Å². The molecule has 1 amide bonds. The van der Waals surface area contributed by atoms with Crippen molar-refractivity contribution in [2.75, 3.05) is 11.9 Å². The smallest absolute Gasteiger partial charge is 0.341 e. The Kier molecular flexibility index (Phi) is 5.70. The maximum absolute atomic E-state index is 12.6. The van der Waals surface area contributed by atoms with E-state index < -0.39 is 5.41 Å². The number of hydrogen-bond acceptors (Lipinski definition) is 4. The van der Waals surface area contributed by atoms with E-state index in [1.807, 2.05) is 26.8 Å². The molecule has 5 heteroatoms. The molecule has 0 spiro atoms. The Morgan fingerprint density at radius 3 is 2.56 bits per heavy atom. The molecule has 0 aliphatic heterocycles. The summed E-state index contributed by atoms with van der Waals surface area (Å²) in [4.78, 5) is 26.3. The van der Waals surface area contributed by atoms with Crippen LogP contribution in [0.2, 0.25) is 0 Å². The molecule has 4 nitrogen and oxygen atoms in total. The number of fused-ring (bicyclic) bond motifs is 1. The Hall–Kier alpha value is -2.14. The van der Waals surface area contributed by atoms with Gasteiger partial charge >= 0.3 is 5.97 Å². The van der Waals surface area contributed by atoms with Crippen molar-refractivity contribution in [3.8, 4) is 0 Å². The van der Waals surface area contributed by atoms with Gasteiger partial charge < -0.3 is 10.1 Å². The van der Waals surface area contributed by atoms with E-state index in [0.717, 1.165) is 24.8 Å². The maximum atomic E-state index is 12.6. The number of carbonyl (C=O) groups is 2. The molecule has 0 bridgehead atoms. The average Bonchev–Trinajstić information content (AvgIpc) is 2.98. The van der Waals surface area contributed by atoms with E-state index in [4.69, 9.17) is 4.74 Å². The first-order valence-electron chi connectivity index (χ1n) is 9.49. The molecule has 0 fully saturated rings. The molecule has 0 saturated heterocycles. The fraction of sp³-hybridized carbons (Fsp3) is 0.455. The molecule has 0 saturated carbocycles. The fourth-order valence-corrected chi connectivity index (χ4v) is 4.70. The van der Waals surface area contributed by atoms with E-state index in [1.54, 1.807) is 6.92 Å². The van der Waals surface area contributed by atoms with Gasteiger partial charge in [-0.15, -0.1) is 11.3 Å². The van der Waals surface area contributed by atoms with Crippen LogP contribution in [0.15, 0.2) is 30.3 Å². The van der Waals surface area contributed by atoms with Crippen LogP contribution in [-0.2, 0) is 22.4 Å². The minimum absolute atomic E-state index is 0.0914. The number of rotatable bonds is 4. The van der Waals surface area contributed by atoms with Crippen LogP contribution in [0.3, 0.4) is 0 Å². The van der Waals surface area contributed by atoms with E-state index in [9.17, 15) is 9.59 Å². The Morgan fingerprint density at radius 2 is 1.93 bits per heavy atom. The quantitative estimate of drug-likeness (QED) is 0.738. The van der Waals surface area contributed by atoms with Crippen LogP contribution in [0, 0.1) is 5.41 Å². The molecule has 1 heterocycles. The molecule has 144 valence electrons. The first kappa shape index (κ1) is 19.6. The van der Waals surface area contributed by atoms with E-state index in [0.29, 0.717) is 23.1 Å². The molecule has 2 aromatic rings. The van der Waals surface area contributed by atoms with Gasteiger partial charge in [-0.2, -0.15) is 0 Å². The highest BCUT2D eigenvalue weighted by Crippen LogP contribution is 2.43. The minimum Gasteiger partial charge on any atom is -0.462 e. The van der Waals surface area contributed by atoms with Gasteiger partial charge in [-0.25, -0.2) is 4.79 Å². The molecule has 1 N–H and O–H groups in total. The Balaban J connectivity index is 1.94. The van der Waals surface area contributed by atoms with Gasteiger partial charge in [0.15, 0.2) is 0 Å². The van der Waals surface area contributed by atoms with Crippen molar-refractivity contribution in [1.29, 1.82) is 0 Å². The van der Waals surface area contributed by atoms with Gasteiger partial charge in [0.25, 0.3) is 0 Å². The molecule has 1 aromatic carbocycles. The zero-order valence-electron chi connectivity index (χ0n) is 16.4. The van der Waals surface area contributed by atoms with Crippen molar-refractivity contribution in [2.45, 2.75) is 52.9 Å². The second kappa shape index (κ2) is 7.85. The summed E-state index contributed by atoms with van der Waals surface area (Å²) in [5.74, 6) is 0.0159. The number of carbonyl (C=O) groups excluding carboxylic acids is 2. The second-order valence-electron chi connectivity index (χ2n) is 7.98. The van der Waals surface area contributed by atoms with E-state index in [2.05, 4.69) is 29.6 Å². The monoisotopic (exact) mass is 385 g/mol. The first-order valence-corrected chi connectivity index (χ1v) is 10.3. The number of hydrogen-bond donors (Lipinski definition) is 1. The van der Waals surface area contributed by atoms with Crippen LogP contribution in [0.25, 0.3) is 0 Å². The normalized spacial score (nSPS) is 16.5. The van der Waals surface area contributed by atoms with Gasteiger partial charge in [0.05, 0.1) is 12.2 Å². The van der Waals surface area contributed by atoms with Crippen molar-refractivity contribution in [1.82, 2.24) is 0 Å². The summed E-state index contributed by atoms with van der Waals surface area (Å²) in [6, 6.07) is 10.5. The van der Waals surface area contributed by atoms with Crippen molar-refractivity contribution in [2.24, 2.45) is 5.41 Å². The lowest BCUT2D eigenvalue weighted by Gasteiger charge is -2.23. The second-order valence-corrected chi connectivity index (χ2v) is 9.09. The predicted octanol–water partition coefficient (Wildman–Crippen LogP) is 5.18. The number of esters is 1. The number of nitrogens with one attached hydrogen (secondary N) is 1. The molecule has 1 unspecified atom stereocenters. The van der Waals surface area contributed by atoms with Gasteiger partial charge in [-0.3, -0.25) is 4.79 Å². The summed E-state index contributed by atoms with van der Waals surface area (Å²) < 4.78 is 5.29. The summed E-state index contributed by atoms with van der Waals surface area (Å²) in [6.07, 6.45) is 2.71. The molecule has 27 heavy (non-hydrogen) atoms. The predicted molar refractivity (Wildman–Crippen MR) is 110 cm³/mol. The lowest BCUT2D eigenvalue weighted by molar-refractivity contribution is -0.123. The average molecular weight is 386 g/mol. The van der Waals surface area contributed by atoms with Gasteiger partial charge in [0.1, 0.15) is 5.00 Å². The van der Waals surface area contributed by atoms with Gasteiger partial charge in [-0.05, 0) is 43.2 Å². The largest absolute Gasteiger partial charge is 0.462 e. The van der Waals surface area contributed by atoms with Crippen molar-refractivity contribution in [3.63, 3.8) is 0 Å². The van der Waals surface area contributed by atoms with Crippen molar-refractivity contribution < 1.29 is 14.3 Å². The lowest BCUT2D eigenvalue weighted by Crippen LogP contribution is -2.28. The highest BCUT2D eigenvalue weighted by Gasteiger charge is 2.32. The molecular formula is C22H27NO3S. The molecule has 1 aliphatic carbocycles. The zero-order valence-corrected chi connectivity index (χ0v) is 17.2. The summed E-state index contributed by atoms with van der Waals surface area (Å²) in [7, 11) is 0. The van der Waals surface area contributed by atoms with Crippen molar-refractivity contribution in [3.05, 3.63) is 51.9 Å². The van der Waals surface area contributed by atoms with Gasteiger partial charge in [-0.1, -0.05) is 51.1 Å². The minimum atomic E-state index is -0.525. The number of ether oxygens (including phenoxy) is 1.